The molecule has 0 amide bonds. The predicted molar refractivity (Wildman–Crippen MR) is 71.1 cm³/mol. The molecule has 8 heteroatoms. The number of carbonyl (C=O) groups excluding carboxylic acids is 1. The number of nitrogens with zero attached hydrogens (tertiary/aromatic N) is 1. The van der Waals surface area contributed by atoms with Crippen LogP contribution in [0.1, 0.15) is 17.3 Å². The lowest BCUT2D eigenvalue weighted by Gasteiger charge is -2.13. The van der Waals surface area contributed by atoms with E-state index < -0.39 is 51.9 Å². The highest BCUT2D eigenvalue weighted by Crippen LogP contribution is 2.22. The zero-order valence-corrected chi connectivity index (χ0v) is 11.5. The highest BCUT2D eigenvalue weighted by atomic mass is 19.2. The summed E-state index contributed by atoms with van der Waals surface area (Å²) in [4.78, 5) is 23.9. The molecule has 0 saturated heterocycles. The van der Waals surface area contributed by atoms with E-state index in [0.29, 0.717) is 6.07 Å². The maximum atomic E-state index is 13.9. The number of carbonyl (C=O) groups is 1. The Labute approximate surface area is 122 Å². The standard InChI is InChI=1S/C14H12F3NO4/c1-2-22-14(21)8-6-18(3-4-19)12-7(13(8)20)5-9(15)10(16)11(12)17/h5-6,19H,2-4H2,1H3. The van der Waals surface area contributed by atoms with Crippen LogP contribution in [0.5, 0.6) is 0 Å². The van der Waals surface area contributed by atoms with Gasteiger partial charge in [-0.3, -0.25) is 4.79 Å². The van der Waals surface area contributed by atoms with Gasteiger partial charge >= 0.3 is 5.97 Å². The Bertz CT molecular complexity index is 801. The Morgan fingerprint density at radius 2 is 2.00 bits per heavy atom. The van der Waals surface area contributed by atoms with Gasteiger partial charge in [0.1, 0.15) is 5.56 Å². The van der Waals surface area contributed by atoms with Crippen LogP contribution in [0.4, 0.5) is 13.2 Å². The first-order valence-electron chi connectivity index (χ1n) is 6.41. The summed E-state index contributed by atoms with van der Waals surface area (Å²) in [5.74, 6) is -5.80. The number of rotatable bonds is 4. The van der Waals surface area contributed by atoms with E-state index in [1.165, 1.54) is 6.92 Å². The number of hydrogen-bond donors (Lipinski definition) is 1. The minimum absolute atomic E-state index is 0.00243. The molecule has 0 aliphatic carbocycles. The monoisotopic (exact) mass is 315 g/mol. The highest BCUT2D eigenvalue weighted by Gasteiger charge is 2.22. The zero-order chi connectivity index (χ0) is 16.4. The van der Waals surface area contributed by atoms with Crippen LogP contribution in [0.25, 0.3) is 10.9 Å². The first kappa shape index (κ1) is 16.0. The van der Waals surface area contributed by atoms with Crippen molar-refractivity contribution >= 4 is 16.9 Å². The van der Waals surface area contributed by atoms with Gasteiger partial charge in [0.2, 0.25) is 5.43 Å². The van der Waals surface area contributed by atoms with Crippen LogP contribution in [-0.2, 0) is 11.3 Å². The zero-order valence-electron chi connectivity index (χ0n) is 11.5. The van der Waals surface area contributed by atoms with Crippen LogP contribution in [0.15, 0.2) is 17.1 Å². The number of aromatic nitrogens is 1. The number of esters is 1. The van der Waals surface area contributed by atoms with Crippen LogP contribution in [0.3, 0.4) is 0 Å². The molecule has 0 aliphatic rings. The lowest BCUT2D eigenvalue weighted by atomic mass is 10.1. The van der Waals surface area contributed by atoms with E-state index in [1.54, 1.807) is 0 Å². The third kappa shape index (κ3) is 2.57. The SMILES string of the molecule is CCOC(=O)c1cn(CCO)c2c(F)c(F)c(F)cc2c1=O. The van der Waals surface area contributed by atoms with Crippen molar-refractivity contribution in [3.05, 3.63) is 45.5 Å². The number of benzene rings is 1. The summed E-state index contributed by atoms with van der Waals surface area (Å²) in [7, 11) is 0. The van der Waals surface area contributed by atoms with Crippen molar-refractivity contribution in [2.45, 2.75) is 13.5 Å². The molecule has 1 N–H and O–H groups in total. The van der Waals surface area contributed by atoms with Gasteiger partial charge in [-0.2, -0.15) is 0 Å². The lowest BCUT2D eigenvalue weighted by molar-refractivity contribution is 0.0524. The molecule has 0 bridgehead atoms. The minimum atomic E-state index is -1.73. The number of hydrogen-bond acceptors (Lipinski definition) is 4. The molecule has 1 aromatic carbocycles. The van der Waals surface area contributed by atoms with E-state index in [-0.39, 0.29) is 13.2 Å². The van der Waals surface area contributed by atoms with Crippen LogP contribution < -0.4 is 5.43 Å². The molecule has 0 fully saturated rings. The van der Waals surface area contributed by atoms with Gasteiger partial charge < -0.3 is 14.4 Å². The first-order chi connectivity index (χ1) is 10.4. The van der Waals surface area contributed by atoms with Gasteiger partial charge in [0.15, 0.2) is 17.5 Å². The molecule has 0 saturated carbocycles. The summed E-state index contributed by atoms with van der Waals surface area (Å²) >= 11 is 0. The Balaban J connectivity index is 2.88. The number of fused-ring (bicyclic) bond motifs is 1. The molecule has 0 radical (unpaired) electrons. The molecule has 1 aromatic heterocycles. The Morgan fingerprint density at radius 1 is 1.32 bits per heavy atom. The topological polar surface area (TPSA) is 68.5 Å². The molecule has 0 atom stereocenters. The Kier molecular flexibility index (Phi) is 4.51. The number of ether oxygens (including phenoxy) is 1. The molecule has 5 nitrogen and oxygen atoms in total. The summed E-state index contributed by atoms with van der Waals surface area (Å²) in [5.41, 5.74) is -1.94. The fraction of sp³-hybridized carbons (Fsp3) is 0.286. The first-order valence-corrected chi connectivity index (χ1v) is 6.41. The van der Waals surface area contributed by atoms with Crippen LogP contribution in [0, 0.1) is 17.5 Å². The number of pyridine rings is 1. The van der Waals surface area contributed by atoms with E-state index in [4.69, 9.17) is 9.84 Å². The number of aliphatic hydroxyl groups is 1. The average molecular weight is 315 g/mol. The van der Waals surface area contributed by atoms with Gasteiger partial charge in [0.25, 0.3) is 0 Å². The summed E-state index contributed by atoms with van der Waals surface area (Å²) in [5, 5.41) is 8.49. The summed E-state index contributed by atoms with van der Waals surface area (Å²) in [6.07, 6.45) is 0.958. The van der Waals surface area contributed by atoms with Crippen molar-refractivity contribution in [1.82, 2.24) is 4.57 Å². The van der Waals surface area contributed by atoms with Gasteiger partial charge in [0.05, 0.1) is 24.1 Å². The van der Waals surface area contributed by atoms with Crippen molar-refractivity contribution < 1.29 is 27.8 Å². The second-order valence-corrected chi connectivity index (χ2v) is 4.39. The van der Waals surface area contributed by atoms with Gasteiger partial charge in [-0.1, -0.05) is 0 Å². The quantitative estimate of drug-likeness (QED) is 0.687. The van der Waals surface area contributed by atoms with E-state index in [9.17, 15) is 22.8 Å². The molecular weight excluding hydrogens is 303 g/mol. The van der Waals surface area contributed by atoms with Crippen molar-refractivity contribution in [2.75, 3.05) is 13.2 Å². The lowest BCUT2D eigenvalue weighted by Crippen LogP contribution is -2.22. The van der Waals surface area contributed by atoms with Crippen molar-refractivity contribution in [2.24, 2.45) is 0 Å². The molecule has 2 aromatic rings. The third-order valence-corrected chi connectivity index (χ3v) is 3.03. The van der Waals surface area contributed by atoms with E-state index in [2.05, 4.69) is 0 Å². The van der Waals surface area contributed by atoms with Crippen molar-refractivity contribution in [1.29, 1.82) is 0 Å². The average Bonchev–Trinajstić information content (AvgIpc) is 2.48. The van der Waals surface area contributed by atoms with Gasteiger partial charge in [-0.25, -0.2) is 18.0 Å². The van der Waals surface area contributed by atoms with Crippen LogP contribution >= 0.6 is 0 Å². The normalized spacial score (nSPS) is 11.0. The smallest absolute Gasteiger partial charge is 0.343 e. The molecule has 1 heterocycles. The van der Waals surface area contributed by atoms with Crippen molar-refractivity contribution in [3.8, 4) is 0 Å². The third-order valence-electron chi connectivity index (χ3n) is 3.03. The highest BCUT2D eigenvalue weighted by molar-refractivity contribution is 5.94. The molecule has 0 spiro atoms. The largest absolute Gasteiger partial charge is 0.462 e. The number of halogens is 3. The van der Waals surface area contributed by atoms with Crippen LogP contribution in [0.2, 0.25) is 0 Å². The molecule has 2 rings (SSSR count). The molecular formula is C14H12F3NO4. The summed E-state index contributed by atoms with van der Waals surface area (Å²) in [6, 6.07) is 0.521. The van der Waals surface area contributed by atoms with Crippen molar-refractivity contribution in [3.63, 3.8) is 0 Å². The maximum absolute atomic E-state index is 13.9. The minimum Gasteiger partial charge on any atom is -0.462 e. The Morgan fingerprint density at radius 3 is 2.59 bits per heavy atom. The summed E-state index contributed by atoms with van der Waals surface area (Å²) < 4.78 is 46.3. The van der Waals surface area contributed by atoms with E-state index >= 15 is 0 Å². The van der Waals surface area contributed by atoms with Crippen LogP contribution in [-0.4, -0.2) is 28.9 Å². The fourth-order valence-corrected chi connectivity index (χ4v) is 2.10. The molecule has 0 unspecified atom stereocenters. The summed E-state index contributed by atoms with van der Waals surface area (Å²) in [6.45, 7) is 0.853. The fourth-order valence-electron chi connectivity index (χ4n) is 2.10. The Hall–Kier alpha value is -2.35. The molecule has 118 valence electrons. The van der Waals surface area contributed by atoms with Gasteiger partial charge in [0, 0.05) is 12.7 Å². The predicted octanol–water partition coefficient (Wildman–Crippen LogP) is 1.59. The second-order valence-electron chi connectivity index (χ2n) is 4.39. The van der Waals surface area contributed by atoms with Gasteiger partial charge in [-0.05, 0) is 13.0 Å². The van der Waals surface area contributed by atoms with E-state index in [1.807, 2.05) is 0 Å². The number of aliphatic hydroxyl groups excluding tert-OH is 1. The second kappa shape index (κ2) is 6.18. The molecule has 0 aliphatic heterocycles. The maximum Gasteiger partial charge on any atom is 0.343 e. The van der Waals surface area contributed by atoms with E-state index in [0.717, 1.165) is 10.8 Å². The van der Waals surface area contributed by atoms with Gasteiger partial charge in [-0.15, -0.1) is 0 Å². The molecule has 22 heavy (non-hydrogen) atoms.